The van der Waals surface area contributed by atoms with Crippen molar-refractivity contribution in [1.29, 1.82) is 0 Å². The number of hydrogen-bond acceptors (Lipinski definition) is 6. The Hall–Kier alpha value is -3.00. The van der Waals surface area contributed by atoms with Crippen molar-refractivity contribution in [3.05, 3.63) is 62.7 Å². The van der Waals surface area contributed by atoms with Gasteiger partial charge in [0.2, 0.25) is 0 Å². The van der Waals surface area contributed by atoms with E-state index in [1.807, 2.05) is 19.1 Å². The molecule has 1 aromatic carbocycles. The smallest absolute Gasteiger partial charge is 0.272 e. The Bertz CT molecular complexity index is 929. The molecule has 3 rings (SSSR count). The minimum Gasteiger partial charge on any atom is -0.460 e. The molecule has 24 heavy (non-hydrogen) atoms. The van der Waals surface area contributed by atoms with Crippen molar-refractivity contribution in [2.75, 3.05) is 5.32 Å². The first-order valence-electron chi connectivity index (χ1n) is 7.03. The summed E-state index contributed by atoms with van der Waals surface area (Å²) < 4.78 is 5.49. The molecular weight excluding hydrogens is 330 g/mol. The molecule has 7 nitrogen and oxygen atoms in total. The predicted octanol–water partition coefficient (Wildman–Crippen LogP) is 4.18. The molecule has 0 fully saturated rings. The first-order chi connectivity index (χ1) is 11.4. The molecule has 0 aliphatic carbocycles. The van der Waals surface area contributed by atoms with Crippen LogP contribution in [-0.4, -0.2) is 15.8 Å². The third kappa shape index (κ3) is 3.18. The van der Waals surface area contributed by atoms with Crippen LogP contribution in [0.3, 0.4) is 0 Å². The number of rotatable bonds is 4. The Labute approximate surface area is 141 Å². The van der Waals surface area contributed by atoms with Crippen molar-refractivity contribution in [3.63, 3.8) is 0 Å². The Kier molecular flexibility index (Phi) is 4.13. The van der Waals surface area contributed by atoms with Crippen LogP contribution in [0.25, 0.3) is 11.5 Å². The van der Waals surface area contributed by atoms with Crippen molar-refractivity contribution in [3.8, 4) is 11.5 Å². The predicted molar refractivity (Wildman–Crippen MR) is 90.3 cm³/mol. The van der Waals surface area contributed by atoms with Crippen LogP contribution < -0.4 is 5.32 Å². The number of anilines is 1. The van der Waals surface area contributed by atoms with Crippen LogP contribution in [0.2, 0.25) is 0 Å². The average molecular weight is 343 g/mol. The van der Waals surface area contributed by atoms with Crippen molar-refractivity contribution in [1.82, 2.24) is 4.98 Å². The molecule has 3 aromatic rings. The molecule has 1 amide bonds. The number of carbonyl (C=O) groups is 1. The maximum atomic E-state index is 12.3. The monoisotopic (exact) mass is 343 g/mol. The molecular formula is C16H13N3O4S. The van der Waals surface area contributed by atoms with E-state index < -0.39 is 4.92 Å². The van der Waals surface area contributed by atoms with Crippen LogP contribution in [0.1, 0.15) is 21.7 Å². The molecule has 0 spiro atoms. The quantitative estimate of drug-likeness (QED) is 0.566. The zero-order valence-electron chi connectivity index (χ0n) is 12.9. The molecule has 122 valence electrons. The first-order valence-corrected chi connectivity index (χ1v) is 7.91. The van der Waals surface area contributed by atoms with E-state index in [1.165, 1.54) is 29.5 Å². The molecule has 0 bridgehead atoms. The number of aromatic nitrogens is 1. The van der Waals surface area contributed by atoms with Gasteiger partial charge in [0.15, 0.2) is 10.9 Å². The van der Waals surface area contributed by atoms with Gasteiger partial charge in [0.1, 0.15) is 11.5 Å². The summed E-state index contributed by atoms with van der Waals surface area (Å²) in [4.78, 5) is 26.9. The van der Waals surface area contributed by atoms with Crippen molar-refractivity contribution in [2.45, 2.75) is 13.8 Å². The molecule has 0 aliphatic rings. The lowest BCUT2D eigenvalue weighted by Gasteiger charge is -2.03. The second-order valence-electron chi connectivity index (χ2n) is 5.16. The van der Waals surface area contributed by atoms with Gasteiger partial charge in [-0.3, -0.25) is 20.2 Å². The third-order valence-corrected chi connectivity index (χ3v) is 4.13. The molecule has 0 unspecified atom stereocenters. The number of carbonyl (C=O) groups excluding carboxylic acids is 1. The Morgan fingerprint density at radius 3 is 2.71 bits per heavy atom. The molecule has 1 N–H and O–H groups in total. The lowest BCUT2D eigenvalue weighted by atomic mass is 10.1. The summed E-state index contributed by atoms with van der Waals surface area (Å²) in [5.41, 5.74) is 1.39. The van der Waals surface area contributed by atoms with E-state index in [-0.39, 0.29) is 11.6 Å². The van der Waals surface area contributed by atoms with E-state index in [0.717, 1.165) is 5.76 Å². The van der Waals surface area contributed by atoms with E-state index in [4.69, 9.17) is 4.42 Å². The topological polar surface area (TPSA) is 98.3 Å². The van der Waals surface area contributed by atoms with Crippen LogP contribution in [0.5, 0.6) is 0 Å². The van der Waals surface area contributed by atoms with Crippen molar-refractivity contribution >= 4 is 28.1 Å². The number of furan rings is 1. The minimum atomic E-state index is -0.477. The Morgan fingerprint density at radius 2 is 2.08 bits per heavy atom. The normalized spacial score (nSPS) is 10.6. The lowest BCUT2D eigenvalue weighted by molar-refractivity contribution is -0.385. The fraction of sp³-hybridized carbons (Fsp3) is 0.125. The van der Waals surface area contributed by atoms with Crippen LogP contribution in [-0.2, 0) is 0 Å². The number of amides is 1. The van der Waals surface area contributed by atoms with E-state index in [9.17, 15) is 14.9 Å². The summed E-state index contributed by atoms with van der Waals surface area (Å²) in [5, 5.41) is 15.7. The summed E-state index contributed by atoms with van der Waals surface area (Å²) in [5.74, 6) is 1.05. The number of nitrogens with one attached hydrogen (secondary N) is 1. The summed E-state index contributed by atoms with van der Waals surface area (Å²) >= 11 is 1.28. The number of thiazole rings is 1. The lowest BCUT2D eigenvalue weighted by Crippen LogP contribution is -2.12. The zero-order chi connectivity index (χ0) is 17.3. The van der Waals surface area contributed by atoms with Gasteiger partial charge in [0.05, 0.1) is 4.92 Å². The van der Waals surface area contributed by atoms with Crippen LogP contribution in [0.15, 0.2) is 40.1 Å². The number of nitrogens with zero attached hydrogens (tertiary/aromatic N) is 2. The number of hydrogen-bond donors (Lipinski definition) is 1. The largest absolute Gasteiger partial charge is 0.460 e. The summed E-state index contributed by atoms with van der Waals surface area (Å²) in [6.45, 7) is 3.44. The molecule has 0 saturated heterocycles. The van der Waals surface area contributed by atoms with Crippen LogP contribution in [0.4, 0.5) is 10.8 Å². The minimum absolute atomic E-state index is 0.0173. The van der Waals surface area contributed by atoms with Gasteiger partial charge in [-0.2, -0.15) is 0 Å². The highest BCUT2D eigenvalue weighted by molar-refractivity contribution is 7.14. The maximum Gasteiger partial charge on any atom is 0.272 e. The SMILES string of the molecule is Cc1ccc(-c2csc(NC(=O)c3ccc([N+](=O)[O-])c(C)c3)n2)o1. The van der Waals surface area contributed by atoms with Crippen LogP contribution >= 0.6 is 11.3 Å². The summed E-state index contributed by atoms with van der Waals surface area (Å²) in [7, 11) is 0. The second kappa shape index (κ2) is 6.25. The molecule has 8 heteroatoms. The number of aryl methyl sites for hydroxylation is 2. The average Bonchev–Trinajstić information content (AvgIpc) is 3.15. The molecule has 2 heterocycles. The van der Waals surface area contributed by atoms with Crippen molar-refractivity contribution in [2.24, 2.45) is 0 Å². The van der Waals surface area contributed by atoms with Gasteiger partial charge < -0.3 is 4.42 Å². The number of nitro benzene ring substituents is 1. The van der Waals surface area contributed by atoms with E-state index in [2.05, 4.69) is 10.3 Å². The molecule has 0 saturated carbocycles. The molecule has 2 aromatic heterocycles. The Morgan fingerprint density at radius 1 is 1.29 bits per heavy atom. The van der Waals surface area contributed by atoms with Gasteiger partial charge in [-0.25, -0.2) is 4.98 Å². The van der Waals surface area contributed by atoms with Gasteiger partial charge in [-0.15, -0.1) is 11.3 Å². The first kappa shape index (κ1) is 15.9. The fourth-order valence-corrected chi connectivity index (χ4v) is 2.88. The summed E-state index contributed by atoms with van der Waals surface area (Å²) in [6.07, 6.45) is 0. The van der Waals surface area contributed by atoms with Gasteiger partial charge >= 0.3 is 0 Å². The van der Waals surface area contributed by atoms with Gasteiger partial charge in [0.25, 0.3) is 11.6 Å². The summed E-state index contributed by atoms with van der Waals surface area (Å²) in [6, 6.07) is 7.88. The number of benzene rings is 1. The standard InChI is InChI=1S/C16H13N3O4S/c1-9-7-11(4-5-13(9)19(21)22)15(20)18-16-17-12(8-24-16)14-6-3-10(2)23-14/h3-8H,1-2H3,(H,17,18,20). The van der Waals surface area contributed by atoms with Crippen molar-refractivity contribution < 1.29 is 14.1 Å². The third-order valence-electron chi connectivity index (χ3n) is 3.37. The number of nitro groups is 1. The van der Waals surface area contributed by atoms with E-state index >= 15 is 0 Å². The molecule has 0 radical (unpaired) electrons. The highest BCUT2D eigenvalue weighted by Gasteiger charge is 2.15. The fourth-order valence-electron chi connectivity index (χ4n) is 2.19. The maximum absolute atomic E-state index is 12.3. The van der Waals surface area contributed by atoms with Gasteiger partial charge in [-0.1, -0.05) is 0 Å². The van der Waals surface area contributed by atoms with Gasteiger partial charge in [-0.05, 0) is 38.1 Å². The molecule has 0 aliphatic heterocycles. The van der Waals surface area contributed by atoms with E-state index in [1.54, 1.807) is 12.3 Å². The van der Waals surface area contributed by atoms with E-state index in [0.29, 0.717) is 27.7 Å². The van der Waals surface area contributed by atoms with Gasteiger partial charge in [0, 0.05) is 22.6 Å². The Balaban J connectivity index is 1.77. The second-order valence-corrected chi connectivity index (χ2v) is 6.02. The van der Waals surface area contributed by atoms with Crippen LogP contribution in [0, 0.1) is 24.0 Å². The highest BCUT2D eigenvalue weighted by Crippen LogP contribution is 2.27. The molecule has 0 atom stereocenters. The highest BCUT2D eigenvalue weighted by atomic mass is 32.1. The zero-order valence-corrected chi connectivity index (χ0v) is 13.7.